The summed E-state index contributed by atoms with van der Waals surface area (Å²) in [7, 11) is 0. The summed E-state index contributed by atoms with van der Waals surface area (Å²) in [5.41, 5.74) is 3.37. The molecule has 15 heavy (non-hydrogen) atoms. The normalized spacial score (nSPS) is 14.9. The average Bonchev–Trinajstić information content (AvgIpc) is 2.74. The van der Waals surface area contributed by atoms with E-state index in [1.165, 1.54) is 11.3 Å². The van der Waals surface area contributed by atoms with Gasteiger partial charge in [0.05, 0.1) is 31.1 Å². The molecule has 2 aromatic rings. The van der Waals surface area contributed by atoms with E-state index in [0.717, 1.165) is 18.8 Å². The molecule has 0 bridgehead atoms. The van der Waals surface area contributed by atoms with Crippen molar-refractivity contribution >= 4 is 0 Å². The highest BCUT2D eigenvalue weighted by Crippen LogP contribution is 2.20. The molecule has 0 saturated heterocycles. The molecular formula is C12H12N2O. The maximum absolute atomic E-state index is 5.38. The molecule has 0 N–H and O–H groups in total. The van der Waals surface area contributed by atoms with Crippen LogP contribution in [-0.4, -0.2) is 16.4 Å². The fraction of sp³-hybridized carbons (Fsp3) is 0.250. The maximum Gasteiger partial charge on any atom is 0.0926 e. The first-order chi connectivity index (χ1) is 7.43. The first kappa shape index (κ1) is 8.68. The SMILES string of the molecule is c1ccc(-c2cc3n(n2)CCOC3)cc1. The minimum Gasteiger partial charge on any atom is -0.373 e. The zero-order chi connectivity index (χ0) is 10.1. The lowest BCUT2D eigenvalue weighted by atomic mass is 10.1. The second-order valence-corrected chi connectivity index (χ2v) is 3.66. The van der Waals surface area contributed by atoms with E-state index in [1.807, 2.05) is 22.9 Å². The van der Waals surface area contributed by atoms with Crippen LogP contribution < -0.4 is 0 Å². The lowest BCUT2D eigenvalue weighted by Crippen LogP contribution is -2.16. The second kappa shape index (κ2) is 3.51. The zero-order valence-electron chi connectivity index (χ0n) is 8.39. The molecule has 0 spiro atoms. The first-order valence-electron chi connectivity index (χ1n) is 5.13. The van der Waals surface area contributed by atoms with Crippen LogP contribution in [0.3, 0.4) is 0 Å². The molecule has 0 fully saturated rings. The zero-order valence-corrected chi connectivity index (χ0v) is 8.39. The van der Waals surface area contributed by atoms with Crippen molar-refractivity contribution in [1.82, 2.24) is 9.78 Å². The third-order valence-corrected chi connectivity index (χ3v) is 2.63. The summed E-state index contributed by atoms with van der Waals surface area (Å²) in [5, 5.41) is 4.56. The van der Waals surface area contributed by atoms with Crippen LogP contribution in [0, 0.1) is 0 Å². The molecule has 1 aromatic heterocycles. The quantitative estimate of drug-likeness (QED) is 0.704. The van der Waals surface area contributed by atoms with Crippen molar-refractivity contribution in [1.29, 1.82) is 0 Å². The fourth-order valence-corrected chi connectivity index (χ4v) is 1.84. The molecule has 3 rings (SSSR count). The fourth-order valence-electron chi connectivity index (χ4n) is 1.84. The van der Waals surface area contributed by atoms with E-state index in [2.05, 4.69) is 23.3 Å². The van der Waals surface area contributed by atoms with E-state index in [4.69, 9.17) is 4.74 Å². The number of hydrogen-bond acceptors (Lipinski definition) is 2. The maximum atomic E-state index is 5.38. The Morgan fingerprint density at radius 1 is 1.20 bits per heavy atom. The largest absolute Gasteiger partial charge is 0.373 e. The highest BCUT2D eigenvalue weighted by Gasteiger charge is 2.12. The summed E-state index contributed by atoms with van der Waals surface area (Å²) in [6.45, 7) is 2.31. The van der Waals surface area contributed by atoms with Crippen molar-refractivity contribution in [3.8, 4) is 11.3 Å². The molecule has 0 amide bonds. The van der Waals surface area contributed by atoms with Crippen molar-refractivity contribution in [3.05, 3.63) is 42.1 Å². The van der Waals surface area contributed by atoms with Crippen molar-refractivity contribution in [2.45, 2.75) is 13.2 Å². The Hall–Kier alpha value is -1.61. The topological polar surface area (TPSA) is 27.1 Å². The van der Waals surface area contributed by atoms with E-state index in [-0.39, 0.29) is 0 Å². The van der Waals surface area contributed by atoms with Crippen LogP contribution in [0.25, 0.3) is 11.3 Å². The molecule has 2 heterocycles. The van der Waals surface area contributed by atoms with Gasteiger partial charge in [0.1, 0.15) is 0 Å². The summed E-state index contributed by atoms with van der Waals surface area (Å²) < 4.78 is 7.42. The van der Waals surface area contributed by atoms with Gasteiger partial charge in [-0.15, -0.1) is 0 Å². The van der Waals surface area contributed by atoms with E-state index < -0.39 is 0 Å². The van der Waals surface area contributed by atoms with Crippen molar-refractivity contribution in [2.24, 2.45) is 0 Å². The highest BCUT2D eigenvalue weighted by molar-refractivity contribution is 5.59. The Morgan fingerprint density at radius 3 is 2.87 bits per heavy atom. The van der Waals surface area contributed by atoms with Gasteiger partial charge in [-0.1, -0.05) is 30.3 Å². The summed E-state index contributed by atoms with van der Waals surface area (Å²) in [6.07, 6.45) is 0. The molecule has 0 aliphatic carbocycles. The summed E-state index contributed by atoms with van der Waals surface area (Å²) >= 11 is 0. The molecule has 1 aromatic carbocycles. The molecule has 76 valence electrons. The Kier molecular flexibility index (Phi) is 2.03. The summed E-state index contributed by atoms with van der Waals surface area (Å²) in [4.78, 5) is 0. The van der Waals surface area contributed by atoms with Crippen molar-refractivity contribution in [3.63, 3.8) is 0 Å². The molecule has 3 nitrogen and oxygen atoms in total. The molecule has 0 unspecified atom stereocenters. The minimum absolute atomic E-state index is 0.680. The lowest BCUT2D eigenvalue weighted by Gasteiger charge is -2.12. The monoisotopic (exact) mass is 200 g/mol. The summed E-state index contributed by atoms with van der Waals surface area (Å²) in [6, 6.07) is 12.3. The Balaban J connectivity index is 2.03. The van der Waals surface area contributed by atoms with E-state index >= 15 is 0 Å². The van der Waals surface area contributed by atoms with Crippen LogP contribution >= 0.6 is 0 Å². The Morgan fingerprint density at radius 2 is 2.07 bits per heavy atom. The van der Waals surface area contributed by atoms with Crippen LogP contribution in [0.2, 0.25) is 0 Å². The molecule has 0 saturated carbocycles. The second-order valence-electron chi connectivity index (χ2n) is 3.66. The molecule has 3 heteroatoms. The van der Waals surface area contributed by atoms with E-state index in [9.17, 15) is 0 Å². The van der Waals surface area contributed by atoms with Gasteiger partial charge in [-0.05, 0) is 6.07 Å². The average molecular weight is 200 g/mol. The number of benzene rings is 1. The van der Waals surface area contributed by atoms with Gasteiger partial charge in [-0.2, -0.15) is 5.10 Å². The predicted molar refractivity (Wildman–Crippen MR) is 57.3 cm³/mol. The van der Waals surface area contributed by atoms with Gasteiger partial charge in [0.25, 0.3) is 0 Å². The molecule has 1 aliphatic rings. The van der Waals surface area contributed by atoms with Gasteiger partial charge in [0.15, 0.2) is 0 Å². The van der Waals surface area contributed by atoms with Crippen LogP contribution in [0.1, 0.15) is 5.69 Å². The number of hydrogen-bond donors (Lipinski definition) is 0. The van der Waals surface area contributed by atoms with Gasteiger partial charge in [0, 0.05) is 5.56 Å². The predicted octanol–water partition coefficient (Wildman–Crippen LogP) is 2.08. The van der Waals surface area contributed by atoms with Gasteiger partial charge >= 0.3 is 0 Å². The smallest absolute Gasteiger partial charge is 0.0926 e. The van der Waals surface area contributed by atoms with E-state index in [1.54, 1.807) is 0 Å². The van der Waals surface area contributed by atoms with Crippen molar-refractivity contribution < 1.29 is 4.74 Å². The molecule has 0 radical (unpaired) electrons. The third kappa shape index (κ3) is 1.55. The standard InChI is InChI=1S/C12H12N2O/c1-2-4-10(5-3-1)12-8-11-9-15-7-6-14(11)13-12/h1-5,8H,6-7,9H2. The molecule has 1 aliphatic heterocycles. The lowest BCUT2D eigenvalue weighted by molar-refractivity contribution is 0.0801. The molecule has 0 atom stereocenters. The number of nitrogens with zero attached hydrogens (tertiary/aromatic N) is 2. The van der Waals surface area contributed by atoms with Gasteiger partial charge in [-0.3, -0.25) is 4.68 Å². The minimum atomic E-state index is 0.680. The van der Waals surface area contributed by atoms with Gasteiger partial charge < -0.3 is 4.74 Å². The Labute approximate surface area is 88.3 Å². The highest BCUT2D eigenvalue weighted by atomic mass is 16.5. The third-order valence-electron chi connectivity index (χ3n) is 2.63. The first-order valence-corrected chi connectivity index (χ1v) is 5.13. The van der Waals surface area contributed by atoms with Gasteiger partial charge in [-0.25, -0.2) is 0 Å². The summed E-state index contributed by atoms with van der Waals surface area (Å²) in [5.74, 6) is 0. The van der Waals surface area contributed by atoms with Crippen LogP contribution in [0.4, 0.5) is 0 Å². The van der Waals surface area contributed by atoms with Crippen LogP contribution in [0.5, 0.6) is 0 Å². The van der Waals surface area contributed by atoms with Crippen LogP contribution in [0.15, 0.2) is 36.4 Å². The van der Waals surface area contributed by atoms with Crippen LogP contribution in [-0.2, 0) is 17.9 Å². The van der Waals surface area contributed by atoms with Crippen molar-refractivity contribution in [2.75, 3.05) is 6.61 Å². The van der Waals surface area contributed by atoms with Gasteiger partial charge in [0.2, 0.25) is 0 Å². The number of aromatic nitrogens is 2. The number of rotatable bonds is 1. The van der Waals surface area contributed by atoms with E-state index in [0.29, 0.717) is 6.61 Å². The number of ether oxygens (including phenoxy) is 1. The molecular weight excluding hydrogens is 188 g/mol. The number of fused-ring (bicyclic) bond motifs is 1. The Bertz CT molecular complexity index is 438.